The third-order valence-electron chi connectivity index (χ3n) is 6.33. The van der Waals surface area contributed by atoms with Crippen molar-refractivity contribution in [1.82, 2.24) is 9.88 Å². The van der Waals surface area contributed by atoms with E-state index >= 15 is 0 Å². The van der Waals surface area contributed by atoms with Crippen LogP contribution in [0.15, 0.2) is 23.4 Å². The fraction of sp³-hybridized carbons (Fsp3) is 0.667. The summed E-state index contributed by atoms with van der Waals surface area (Å²) in [6, 6.07) is 1.92. The highest BCUT2D eigenvalue weighted by Gasteiger charge is 2.53. The summed E-state index contributed by atoms with van der Waals surface area (Å²) in [4.78, 5) is 18.7. The molecule has 3 aliphatic rings. The van der Waals surface area contributed by atoms with Gasteiger partial charge in [0.05, 0.1) is 6.04 Å². The van der Waals surface area contributed by atoms with Gasteiger partial charge in [0.25, 0.3) is 10.0 Å². The Morgan fingerprint density at radius 2 is 2.11 bits per heavy atom. The summed E-state index contributed by atoms with van der Waals surface area (Å²) >= 11 is 0. The largest absolute Gasteiger partial charge is 0.325 e. The summed E-state index contributed by atoms with van der Waals surface area (Å²) < 4.78 is 50.8. The third-order valence-corrected chi connectivity index (χ3v) is 7.14. The minimum atomic E-state index is -3.99. The van der Waals surface area contributed by atoms with E-state index in [1.807, 2.05) is 4.90 Å². The van der Waals surface area contributed by atoms with E-state index in [2.05, 4.69) is 10.3 Å². The first-order valence-electron chi connectivity index (χ1n) is 9.57. The molecule has 1 aromatic rings. The minimum Gasteiger partial charge on any atom is -0.325 e. The number of hydrogen-bond acceptors (Lipinski definition) is 5. The molecule has 0 radical (unpaired) electrons. The van der Waals surface area contributed by atoms with Gasteiger partial charge in [-0.25, -0.2) is 27.3 Å². The zero-order chi connectivity index (χ0) is 20.1. The molecule has 7 nitrogen and oxygen atoms in total. The predicted octanol–water partition coefficient (Wildman–Crippen LogP) is 1.96. The summed E-state index contributed by atoms with van der Waals surface area (Å²) in [6.07, 6.45) is 4.01. The Balaban J connectivity index is 1.53. The van der Waals surface area contributed by atoms with Crippen LogP contribution in [0.1, 0.15) is 38.5 Å². The zero-order valence-electron chi connectivity index (χ0n) is 15.4. The number of carbonyl (C=O) groups excluding carboxylic acids is 1. The van der Waals surface area contributed by atoms with Crippen LogP contribution >= 0.6 is 0 Å². The molecule has 2 aliphatic carbocycles. The van der Waals surface area contributed by atoms with Gasteiger partial charge in [0.15, 0.2) is 5.03 Å². The molecule has 10 heteroatoms. The van der Waals surface area contributed by atoms with E-state index in [0.717, 1.165) is 12.8 Å². The number of aromatic nitrogens is 1. The molecular weight excluding hydrogens is 390 g/mol. The SMILES string of the molecule is NS(=O)(=O)c1cc(NC(=O)C2C3CCC3CN2C2CCCC(F)(F)C2)ccn1. The number of rotatable bonds is 4. The highest BCUT2D eigenvalue weighted by molar-refractivity contribution is 7.89. The van der Waals surface area contributed by atoms with Gasteiger partial charge in [-0.1, -0.05) is 0 Å². The second-order valence-electron chi connectivity index (χ2n) is 8.17. The molecule has 154 valence electrons. The minimum absolute atomic E-state index is 0.0889. The number of pyridine rings is 1. The van der Waals surface area contributed by atoms with Crippen molar-refractivity contribution in [2.75, 3.05) is 11.9 Å². The molecule has 4 atom stereocenters. The Kier molecular flexibility index (Phi) is 4.91. The molecule has 28 heavy (non-hydrogen) atoms. The van der Waals surface area contributed by atoms with E-state index in [1.54, 1.807) is 0 Å². The number of alkyl halides is 2. The number of amides is 1. The zero-order valence-corrected chi connectivity index (χ0v) is 16.2. The molecule has 4 rings (SSSR count). The number of fused-ring (bicyclic) bond motifs is 1. The topological polar surface area (TPSA) is 105 Å². The van der Waals surface area contributed by atoms with Gasteiger partial charge in [0, 0.05) is 43.4 Å². The van der Waals surface area contributed by atoms with Crippen molar-refractivity contribution in [2.24, 2.45) is 17.0 Å². The highest BCUT2D eigenvalue weighted by Crippen LogP contribution is 2.48. The molecule has 3 N–H and O–H groups in total. The van der Waals surface area contributed by atoms with Crippen LogP contribution < -0.4 is 10.5 Å². The first-order chi connectivity index (χ1) is 13.1. The molecule has 0 aromatic carbocycles. The number of nitrogens with zero attached hydrogens (tertiary/aromatic N) is 2. The summed E-state index contributed by atoms with van der Waals surface area (Å²) in [5.74, 6) is -2.44. The number of carbonyl (C=O) groups is 1. The first-order valence-corrected chi connectivity index (χ1v) is 11.1. The lowest BCUT2D eigenvalue weighted by atomic mass is 9.73. The van der Waals surface area contributed by atoms with Crippen molar-refractivity contribution >= 4 is 21.6 Å². The summed E-state index contributed by atoms with van der Waals surface area (Å²) in [5.41, 5.74) is 0.278. The predicted molar refractivity (Wildman–Crippen MR) is 98.2 cm³/mol. The molecule has 0 bridgehead atoms. The summed E-state index contributed by atoms with van der Waals surface area (Å²) in [6.45, 7) is 0.669. The Bertz CT molecular complexity index is 879. The van der Waals surface area contributed by atoms with Crippen LogP contribution in [0.5, 0.6) is 0 Å². The van der Waals surface area contributed by atoms with E-state index in [-0.39, 0.29) is 41.4 Å². The Hall–Kier alpha value is -1.65. The van der Waals surface area contributed by atoms with Gasteiger partial charge in [-0.3, -0.25) is 9.69 Å². The molecule has 1 amide bonds. The van der Waals surface area contributed by atoms with Crippen LogP contribution in [0.4, 0.5) is 14.5 Å². The van der Waals surface area contributed by atoms with Crippen LogP contribution in [-0.4, -0.2) is 48.8 Å². The Morgan fingerprint density at radius 1 is 1.32 bits per heavy atom. The number of nitrogens with one attached hydrogen (secondary N) is 1. The number of nitrogens with two attached hydrogens (primary N) is 1. The molecular formula is C18H24F2N4O3S. The van der Waals surface area contributed by atoms with Crippen molar-refractivity contribution in [3.63, 3.8) is 0 Å². The van der Waals surface area contributed by atoms with Crippen molar-refractivity contribution in [1.29, 1.82) is 0 Å². The molecule has 4 unspecified atom stereocenters. The maximum Gasteiger partial charge on any atom is 0.255 e. The summed E-state index contributed by atoms with van der Waals surface area (Å²) in [7, 11) is -3.99. The van der Waals surface area contributed by atoms with E-state index in [4.69, 9.17) is 5.14 Å². The first kappa shape index (κ1) is 19.7. The summed E-state index contributed by atoms with van der Waals surface area (Å²) in [5, 5.41) is 7.50. The van der Waals surface area contributed by atoms with Crippen molar-refractivity contribution in [3.05, 3.63) is 18.3 Å². The standard InChI is InChI=1S/C18H24F2N4O3S/c19-18(20)6-1-2-13(9-18)24-10-11-3-4-14(11)16(24)17(25)23-12-5-7-22-15(8-12)28(21,26)27/h5,7-8,11,13-14,16H,1-4,6,9-10H2,(H2,21,26,27)(H,22,23,25). The number of hydrogen-bond donors (Lipinski definition) is 2. The maximum atomic E-state index is 13.9. The van der Waals surface area contributed by atoms with Crippen molar-refractivity contribution < 1.29 is 22.0 Å². The average Bonchev–Trinajstić information content (AvgIpc) is 2.84. The van der Waals surface area contributed by atoms with Gasteiger partial charge in [-0.05, 0) is 43.6 Å². The smallest absolute Gasteiger partial charge is 0.255 e. The maximum absolute atomic E-state index is 13.9. The van der Waals surface area contributed by atoms with Gasteiger partial charge in [0.2, 0.25) is 11.8 Å². The fourth-order valence-corrected chi connectivity index (χ4v) is 5.37. The second kappa shape index (κ2) is 7.00. The molecule has 0 spiro atoms. The molecule has 2 heterocycles. The van der Waals surface area contributed by atoms with Crippen LogP contribution in [-0.2, 0) is 14.8 Å². The third kappa shape index (κ3) is 3.77. The van der Waals surface area contributed by atoms with Crippen LogP contribution in [0.3, 0.4) is 0 Å². The number of sulfonamides is 1. The lowest BCUT2D eigenvalue weighted by Gasteiger charge is -2.39. The van der Waals surface area contributed by atoms with Crippen LogP contribution in [0.25, 0.3) is 0 Å². The Labute approximate surface area is 162 Å². The molecule has 3 fully saturated rings. The quantitative estimate of drug-likeness (QED) is 0.784. The van der Waals surface area contributed by atoms with Gasteiger partial charge in [-0.2, -0.15) is 0 Å². The van der Waals surface area contributed by atoms with Gasteiger partial charge < -0.3 is 5.32 Å². The molecule has 1 aliphatic heterocycles. The van der Waals surface area contributed by atoms with E-state index < -0.39 is 22.0 Å². The van der Waals surface area contributed by atoms with Crippen molar-refractivity contribution in [2.45, 2.75) is 61.6 Å². The van der Waals surface area contributed by atoms with Crippen molar-refractivity contribution in [3.8, 4) is 0 Å². The van der Waals surface area contributed by atoms with Crippen LogP contribution in [0, 0.1) is 11.8 Å². The van der Waals surface area contributed by atoms with Crippen LogP contribution in [0.2, 0.25) is 0 Å². The number of anilines is 1. The lowest BCUT2D eigenvalue weighted by molar-refractivity contribution is -0.125. The number of likely N-dealkylation sites (tertiary alicyclic amines) is 1. The van der Waals surface area contributed by atoms with E-state index in [9.17, 15) is 22.0 Å². The second-order valence-corrected chi connectivity index (χ2v) is 9.67. The molecule has 1 aromatic heterocycles. The number of halogens is 2. The number of primary sulfonamides is 1. The highest BCUT2D eigenvalue weighted by atomic mass is 32.2. The van der Waals surface area contributed by atoms with E-state index in [0.29, 0.717) is 25.3 Å². The van der Waals surface area contributed by atoms with E-state index in [1.165, 1.54) is 18.3 Å². The molecule has 2 saturated carbocycles. The molecule has 1 saturated heterocycles. The van der Waals surface area contributed by atoms with Gasteiger partial charge in [-0.15, -0.1) is 0 Å². The van der Waals surface area contributed by atoms with Gasteiger partial charge in [0.1, 0.15) is 0 Å². The Morgan fingerprint density at radius 3 is 2.75 bits per heavy atom. The fourth-order valence-electron chi connectivity index (χ4n) is 4.88. The monoisotopic (exact) mass is 414 g/mol. The van der Waals surface area contributed by atoms with Gasteiger partial charge >= 0.3 is 0 Å². The normalized spacial score (nSPS) is 32.4. The lowest BCUT2D eigenvalue weighted by Crippen LogP contribution is -2.50. The average molecular weight is 414 g/mol.